The first-order valence-corrected chi connectivity index (χ1v) is 8.17. The number of hydrogen-bond acceptors (Lipinski definition) is 4. The third kappa shape index (κ3) is 3.39. The van der Waals surface area contributed by atoms with Crippen LogP contribution in [0.3, 0.4) is 0 Å². The van der Waals surface area contributed by atoms with Crippen molar-refractivity contribution in [2.24, 2.45) is 0 Å². The van der Waals surface area contributed by atoms with Gasteiger partial charge in [0.25, 0.3) is 0 Å². The van der Waals surface area contributed by atoms with Gasteiger partial charge in [0.1, 0.15) is 13.2 Å². The highest BCUT2D eigenvalue weighted by atomic mass is 32.2. The van der Waals surface area contributed by atoms with Crippen LogP contribution in [0.1, 0.15) is 25.7 Å². The number of hydrogen-bond donors (Lipinski definition) is 1. The molecule has 4 nitrogen and oxygen atoms in total. The molecule has 2 aliphatic rings. The molecule has 1 aromatic carbocycles. The lowest BCUT2D eigenvalue weighted by molar-refractivity contribution is -0.113. The van der Waals surface area contributed by atoms with Gasteiger partial charge in [0.2, 0.25) is 5.91 Å². The molecular weight excluding hydrogens is 274 g/mol. The highest BCUT2D eigenvalue weighted by Crippen LogP contribution is 2.33. The number of anilines is 1. The van der Waals surface area contributed by atoms with E-state index >= 15 is 0 Å². The Labute approximate surface area is 123 Å². The molecular formula is C15H19NO3S. The maximum absolute atomic E-state index is 11.9. The van der Waals surface area contributed by atoms with Crippen molar-refractivity contribution in [1.82, 2.24) is 0 Å². The topological polar surface area (TPSA) is 47.6 Å². The molecule has 20 heavy (non-hydrogen) atoms. The Bertz CT molecular complexity index is 486. The summed E-state index contributed by atoms with van der Waals surface area (Å²) in [4.78, 5) is 11.9. The summed E-state index contributed by atoms with van der Waals surface area (Å²) in [5.74, 6) is 2.03. The molecule has 3 rings (SSSR count). The fourth-order valence-corrected chi connectivity index (χ4v) is 3.69. The second kappa shape index (κ2) is 6.39. The predicted octanol–water partition coefficient (Wildman–Crippen LogP) is 3.07. The van der Waals surface area contributed by atoms with Crippen LogP contribution in [0.5, 0.6) is 11.5 Å². The van der Waals surface area contributed by atoms with E-state index in [0.717, 1.165) is 11.4 Å². The van der Waals surface area contributed by atoms with Crippen molar-refractivity contribution < 1.29 is 14.3 Å². The summed E-state index contributed by atoms with van der Waals surface area (Å²) in [6.07, 6.45) is 5.12. The summed E-state index contributed by atoms with van der Waals surface area (Å²) in [7, 11) is 0. The average Bonchev–Trinajstić information content (AvgIpc) is 2.98. The predicted molar refractivity (Wildman–Crippen MR) is 80.8 cm³/mol. The van der Waals surface area contributed by atoms with Crippen LogP contribution >= 0.6 is 11.8 Å². The molecule has 5 heteroatoms. The van der Waals surface area contributed by atoms with Gasteiger partial charge >= 0.3 is 0 Å². The highest BCUT2D eigenvalue weighted by Gasteiger charge is 2.17. The fourth-order valence-electron chi connectivity index (χ4n) is 2.57. The van der Waals surface area contributed by atoms with E-state index in [1.165, 1.54) is 25.7 Å². The second-order valence-electron chi connectivity index (χ2n) is 5.12. The van der Waals surface area contributed by atoms with E-state index in [2.05, 4.69) is 5.32 Å². The monoisotopic (exact) mass is 293 g/mol. The number of amides is 1. The number of fused-ring (bicyclic) bond motifs is 1. The van der Waals surface area contributed by atoms with Crippen LogP contribution in [-0.2, 0) is 4.79 Å². The van der Waals surface area contributed by atoms with Gasteiger partial charge in [-0.3, -0.25) is 4.79 Å². The molecule has 0 aromatic heterocycles. The number of carbonyl (C=O) groups excluding carboxylic acids is 1. The molecule has 108 valence electrons. The van der Waals surface area contributed by atoms with E-state index in [1.54, 1.807) is 11.8 Å². The van der Waals surface area contributed by atoms with Crippen LogP contribution in [0.4, 0.5) is 5.69 Å². The first-order valence-electron chi connectivity index (χ1n) is 7.12. The van der Waals surface area contributed by atoms with Crippen LogP contribution < -0.4 is 14.8 Å². The summed E-state index contributed by atoms with van der Waals surface area (Å²) < 4.78 is 11.0. The van der Waals surface area contributed by atoms with E-state index in [9.17, 15) is 4.79 Å². The van der Waals surface area contributed by atoms with Gasteiger partial charge in [0.15, 0.2) is 11.5 Å². The Morgan fingerprint density at radius 2 is 1.95 bits per heavy atom. The van der Waals surface area contributed by atoms with Crippen molar-refractivity contribution in [2.45, 2.75) is 30.9 Å². The van der Waals surface area contributed by atoms with Gasteiger partial charge in [-0.15, -0.1) is 11.8 Å². The quantitative estimate of drug-likeness (QED) is 0.927. The van der Waals surface area contributed by atoms with Gasteiger partial charge in [-0.1, -0.05) is 12.8 Å². The molecule has 0 unspecified atom stereocenters. The van der Waals surface area contributed by atoms with E-state index in [-0.39, 0.29) is 5.91 Å². The highest BCUT2D eigenvalue weighted by molar-refractivity contribution is 8.00. The standard InChI is InChI=1S/C15H19NO3S/c17-15(10-20-12-3-1-2-4-12)16-11-5-6-13-14(9-11)19-8-7-18-13/h5-6,9,12H,1-4,7-8,10H2,(H,16,17). The summed E-state index contributed by atoms with van der Waals surface area (Å²) >= 11 is 1.77. The molecule has 1 aliphatic heterocycles. The van der Waals surface area contributed by atoms with Crippen LogP contribution in [0.2, 0.25) is 0 Å². The number of thioether (sulfide) groups is 1. The first-order chi connectivity index (χ1) is 9.81. The Balaban J connectivity index is 1.52. The molecule has 1 N–H and O–H groups in total. The van der Waals surface area contributed by atoms with Gasteiger partial charge in [-0.05, 0) is 25.0 Å². The van der Waals surface area contributed by atoms with Crippen molar-refractivity contribution in [3.63, 3.8) is 0 Å². The first kappa shape index (κ1) is 13.6. The molecule has 0 atom stereocenters. The van der Waals surface area contributed by atoms with Crippen LogP contribution in [-0.4, -0.2) is 30.1 Å². The van der Waals surface area contributed by atoms with Gasteiger partial charge < -0.3 is 14.8 Å². The van der Waals surface area contributed by atoms with E-state index < -0.39 is 0 Å². The molecule has 0 bridgehead atoms. The molecule has 1 aromatic rings. The number of benzene rings is 1. The zero-order valence-electron chi connectivity index (χ0n) is 11.4. The number of nitrogens with one attached hydrogen (secondary N) is 1. The molecule has 1 heterocycles. The zero-order valence-corrected chi connectivity index (χ0v) is 12.2. The van der Waals surface area contributed by atoms with Crippen LogP contribution in [0.15, 0.2) is 18.2 Å². The van der Waals surface area contributed by atoms with E-state index in [1.807, 2.05) is 18.2 Å². The lowest BCUT2D eigenvalue weighted by Gasteiger charge is -2.19. The zero-order chi connectivity index (χ0) is 13.8. The van der Waals surface area contributed by atoms with E-state index in [4.69, 9.17) is 9.47 Å². The Morgan fingerprint density at radius 3 is 2.75 bits per heavy atom. The Hall–Kier alpha value is -1.36. The summed E-state index contributed by atoms with van der Waals surface area (Å²) in [5.41, 5.74) is 0.770. The van der Waals surface area contributed by atoms with Gasteiger partial charge in [0, 0.05) is 17.0 Å². The molecule has 1 aliphatic carbocycles. The maximum atomic E-state index is 11.9. The van der Waals surface area contributed by atoms with Gasteiger partial charge in [-0.25, -0.2) is 0 Å². The average molecular weight is 293 g/mol. The number of carbonyl (C=O) groups is 1. The summed E-state index contributed by atoms with van der Waals surface area (Å²) in [5, 5.41) is 3.59. The number of ether oxygens (including phenoxy) is 2. The lowest BCUT2D eigenvalue weighted by atomic mass is 10.2. The number of rotatable bonds is 4. The molecule has 0 spiro atoms. The molecule has 1 amide bonds. The lowest BCUT2D eigenvalue weighted by Crippen LogP contribution is -2.17. The largest absolute Gasteiger partial charge is 0.486 e. The second-order valence-corrected chi connectivity index (χ2v) is 6.41. The Morgan fingerprint density at radius 1 is 1.20 bits per heavy atom. The van der Waals surface area contributed by atoms with Crippen molar-refractivity contribution >= 4 is 23.4 Å². The minimum absolute atomic E-state index is 0.0542. The van der Waals surface area contributed by atoms with Crippen molar-refractivity contribution in [3.8, 4) is 11.5 Å². The minimum Gasteiger partial charge on any atom is -0.486 e. The third-order valence-corrected chi connectivity index (χ3v) is 4.95. The van der Waals surface area contributed by atoms with E-state index in [0.29, 0.717) is 30.0 Å². The van der Waals surface area contributed by atoms with Crippen molar-refractivity contribution in [1.29, 1.82) is 0 Å². The molecule has 0 saturated heterocycles. The third-order valence-electron chi connectivity index (χ3n) is 3.58. The maximum Gasteiger partial charge on any atom is 0.234 e. The smallest absolute Gasteiger partial charge is 0.234 e. The fraction of sp³-hybridized carbons (Fsp3) is 0.533. The molecule has 1 saturated carbocycles. The normalized spacial score (nSPS) is 18.0. The van der Waals surface area contributed by atoms with Crippen LogP contribution in [0.25, 0.3) is 0 Å². The molecule has 0 radical (unpaired) electrons. The minimum atomic E-state index is 0.0542. The van der Waals surface area contributed by atoms with Crippen molar-refractivity contribution in [3.05, 3.63) is 18.2 Å². The van der Waals surface area contributed by atoms with Gasteiger partial charge in [-0.2, -0.15) is 0 Å². The summed E-state index contributed by atoms with van der Waals surface area (Å²) in [6, 6.07) is 5.52. The Kier molecular flexibility index (Phi) is 4.35. The summed E-state index contributed by atoms with van der Waals surface area (Å²) in [6.45, 7) is 1.14. The molecule has 1 fully saturated rings. The van der Waals surface area contributed by atoms with Crippen molar-refractivity contribution in [2.75, 3.05) is 24.3 Å². The van der Waals surface area contributed by atoms with Gasteiger partial charge in [0.05, 0.1) is 5.75 Å². The SMILES string of the molecule is O=C(CSC1CCCC1)Nc1ccc2c(c1)OCCO2. The van der Waals surface area contributed by atoms with Crippen LogP contribution in [0, 0.1) is 0 Å².